The zero-order valence-electron chi connectivity index (χ0n) is 26.0. The Balaban J connectivity index is 0.000000151. The molecule has 4 aromatic rings. The lowest BCUT2D eigenvalue weighted by Gasteiger charge is -2.20. The van der Waals surface area contributed by atoms with E-state index in [1.165, 1.54) is 41.2 Å². The van der Waals surface area contributed by atoms with E-state index in [1.807, 2.05) is 17.3 Å². The second-order valence-corrected chi connectivity index (χ2v) is 14.2. The van der Waals surface area contributed by atoms with Gasteiger partial charge < -0.3 is 18.9 Å². The van der Waals surface area contributed by atoms with E-state index in [-0.39, 0.29) is 17.2 Å². The van der Waals surface area contributed by atoms with Gasteiger partial charge in [-0.05, 0) is 102 Å². The first-order chi connectivity index (χ1) is 20.0. The smallest absolute Gasteiger partial charge is 0.242 e. The van der Waals surface area contributed by atoms with Crippen LogP contribution in [0.2, 0.25) is 0 Å². The number of nitrogens with zero attached hydrogens (tertiary/aromatic N) is 4. The lowest BCUT2D eigenvalue weighted by atomic mass is 9.93. The molecule has 2 saturated heterocycles. The lowest BCUT2D eigenvalue weighted by Crippen LogP contribution is -2.32. The number of fused-ring (bicyclic) bond motifs is 2. The van der Waals surface area contributed by atoms with E-state index in [1.54, 1.807) is 0 Å². The zero-order chi connectivity index (χ0) is 29.6. The molecule has 1 spiro atoms. The van der Waals surface area contributed by atoms with Crippen LogP contribution < -0.4 is 0 Å². The standard InChI is InChI=1S/C19H26N2O.C17H20N2O/c1-14(2)15-5-6-17-16(11-15)7-9-20(17)12-18(22)21-10-8-19(3,4)13-21;1-13-2-3-15-14(10-13)4-8-18(15)11-16(20)19-9-7-17(12-19)5-6-17/h5-7,9,11,14H,8,10,12-13H2,1-4H3;2-4,8,10H,5-7,9,11-12H2,1H3. The molecule has 42 heavy (non-hydrogen) atoms. The van der Waals surface area contributed by atoms with Gasteiger partial charge in [0.05, 0.1) is 0 Å². The molecule has 0 radical (unpaired) electrons. The van der Waals surface area contributed by atoms with Gasteiger partial charge in [0, 0.05) is 49.6 Å². The molecule has 1 saturated carbocycles. The third-order valence-corrected chi connectivity index (χ3v) is 9.78. The van der Waals surface area contributed by atoms with E-state index in [0.717, 1.165) is 43.6 Å². The quantitative estimate of drug-likeness (QED) is 0.262. The molecule has 3 fully saturated rings. The Bertz CT molecular complexity index is 1620. The number of aromatic nitrogens is 2. The highest BCUT2D eigenvalue weighted by Gasteiger charge is 2.48. The SMILES string of the molecule is CC(C)c1ccc2c(ccn2CC(=O)N2CCC(C)(C)C2)c1.Cc1ccc2c(ccn2CC(=O)N2CCC3(CC3)C2)c1. The Morgan fingerprint density at radius 2 is 1.31 bits per heavy atom. The Hall–Kier alpha value is -3.54. The summed E-state index contributed by atoms with van der Waals surface area (Å²) in [6, 6.07) is 17.2. The molecule has 7 rings (SSSR count). The van der Waals surface area contributed by atoms with E-state index in [9.17, 15) is 9.59 Å². The fourth-order valence-corrected chi connectivity index (χ4v) is 6.72. The third kappa shape index (κ3) is 5.99. The van der Waals surface area contributed by atoms with Crippen molar-refractivity contribution in [3.63, 3.8) is 0 Å². The van der Waals surface area contributed by atoms with Gasteiger partial charge in [-0.3, -0.25) is 9.59 Å². The normalized spacial score (nSPS) is 18.7. The molecule has 0 bridgehead atoms. The number of likely N-dealkylation sites (tertiary alicyclic amines) is 2. The molecule has 6 nitrogen and oxygen atoms in total. The molecule has 2 aromatic heterocycles. The Kier molecular flexibility index (Phi) is 7.44. The Morgan fingerprint density at radius 1 is 0.738 bits per heavy atom. The summed E-state index contributed by atoms with van der Waals surface area (Å²) in [6.07, 6.45) is 9.02. The van der Waals surface area contributed by atoms with E-state index in [0.29, 0.717) is 24.4 Å². The van der Waals surface area contributed by atoms with Crippen LogP contribution in [0.15, 0.2) is 60.9 Å². The second-order valence-electron chi connectivity index (χ2n) is 14.2. The van der Waals surface area contributed by atoms with Gasteiger partial charge in [0.1, 0.15) is 13.1 Å². The molecular formula is C36H46N4O2. The largest absolute Gasteiger partial charge is 0.341 e. The molecule has 1 aliphatic carbocycles. The van der Waals surface area contributed by atoms with E-state index >= 15 is 0 Å². The molecule has 3 aliphatic rings. The highest BCUT2D eigenvalue weighted by molar-refractivity contribution is 5.85. The predicted molar refractivity (Wildman–Crippen MR) is 171 cm³/mol. The molecule has 6 heteroatoms. The highest BCUT2D eigenvalue weighted by Crippen LogP contribution is 2.52. The summed E-state index contributed by atoms with van der Waals surface area (Å²) in [5, 5.41) is 2.44. The summed E-state index contributed by atoms with van der Waals surface area (Å²) < 4.78 is 4.15. The maximum Gasteiger partial charge on any atom is 0.242 e. The maximum absolute atomic E-state index is 12.5. The fraction of sp³-hybridized carbons (Fsp3) is 0.500. The number of benzene rings is 2. The number of carbonyl (C=O) groups is 2. The first kappa shape index (κ1) is 28.6. The van der Waals surface area contributed by atoms with Crippen molar-refractivity contribution in [1.82, 2.24) is 18.9 Å². The lowest BCUT2D eigenvalue weighted by molar-refractivity contribution is -0.131. The number of rotatable bonds is 5. The van der Waals surface area contributed by atoms with Crippen molar-refractivity contribution in [3.05, 3.63) is 72.1 Å². The molecule has 0 unspecified atom stereocenters. The summed E-state index contributed by atoms with van der Waals surface area (Å²) in [7, 11) is 0. The van der Waals surface area contributed by atoms with Crippen molar-refractivity contribution in [1.29, 1.82) is 0 Å². The zero-order valence-corrected chi connectivity index (χ0v) is 26.0. The number of hydrogen-bond acceptors (Lipinski definition) is 2. The van der Waals surface area contributed by atoms with Crippen molar-refractivity contribution in [3.8, 4) is 0 Å². The topological polar surface area (TPSA) is 50.5 Å². The minimum Gasteiger partial charge on any atom is -0.341 e. The van der Waals surface area contributed by atoms with Gasteiger partial charge in [0.2, 0.25) is 11.8 Å². The van der Waals surface area contributed by atoms with Crippen LogP contribution in [-0.4, -0.2) is 56.9 Å². The number of amides is 2. The molecule has 0 atom stereocenters. The highest BCUT2D eigenvalue weighted by atomic mass is 16.2. The predicted octanol–water partition coefficient (Wildman–Crippen LogP) is 6.99. The number of carbonyl (C=O) groups excluding carboxylic acids is 2. The fourth-order valence-electron chi connectivity index (χ4n) is 6.72. The second kappa shape index (κ2) is 10.9. The minimum atomic E-state index is 0.232. The van der Waals surface area contributed by atoms with Gasteiger partial charge >= 0.3 is 0 Å². The van der Waals surface area contributed by atoms with Gasteiger partial charge in [-0.2, -0.15) is 0 Å². The molecule has 0 N–H and O–H groups in total. The summed E-state index contributed by atoms with van der Waals surface area (Å²) in [4.78, 5) is 29.0. The van der Waals surface area contributed by atoms with Crippen LogP contribution in [0.1, 0.15) is 70.4 Å². The van der Waals surface area contributed by atoms with Crippen molar-refractivity contribution in [2.45, 2.75) is 79.3 Å². The third-order valence-electron chi connectivity index (χ3n) is 9.78. The first-order valence-corrected chi connectivity index (χ1v) is 15.7. The van der Waals surface area contributed by atoms with Crippen LogP contribution in [0, 0.1) is 17.8 Å². The summed E-state index contributed by atoms with van der Waals surface area (Å²) >= 11 is 0. The van der Waals surface area contributed by atoms with E-state index in [4.69, 9.17) is 0 Å². The van der Waals surface area contributed by atoms with Gasteiger partial charge in [-0.1, -0.05) is 45.4 Å². The van der Waals surface area contributed by atoms with Crippen LogP contribution in [0.3, 0.4) is 0 Å². The number of hydrogen-bond donors (Lipinski definition) is 0. The maximum atomic E-state index is 12.5. The van der Waals surface area contributed by atoms with Crippen molar-refractivity contribution >= 4 is 33.6 Å². The number of aryl methyl sites for hydroxylation is 1. The van der Waals surface area contributed by atoms with Crippen LogP contribution in [-0.2, 0) is 22.7 Å². The van der Waals surface area contributed by atoms with Crippen LogP contribution in [0.25, 0.3) is 21.8 Å². The van der Waals surface area contributed by atoms with E-state index < -0.39 is 0 Å². The van der Waals surface area contributed by atoms with E-state index in [2.05, 4.69) is 97.2 Å². The Labute approximate surface area is 250 Å². The van der Waals surface area contributed by atoms with Gasteiger partial charge in [0.25, 0.3) is 0 Å². The Morgan fingerprint density at radius 3 is 1.86 bits per heavy atom. The van der Waals surface area contributed by atoms with Crippen molar-refractivity contribution < 1.29 is 9.59 Å². The van der Waals surface area contributed by atoms with Gasteiger partial charge in [0.15, 0.2) is 0 Å². The van der Waals surface area contributed by atoms with Crippen molar-refractivity contribution in [2.24, 2.45) is 10.8 Å². The molecule has 4 heterocycles. The summed E-state index contributed by atoms with van der Waals surface area (Å²) in [6.45, 7) is 15.6. The average molecular weight is 567 g/mol. The van der Waals surface area contributed by atoms with Crippen LogP contribution in [0.5, 0.6) is 0 Å². The van der Waals surface area contributed by atoms with Crippen LogP contribution >= 0.6 is 0 Å². The minimum absolute atomic E-state index is 0.232. The molecule has 2 amide bonds. The van der Waals surface area contributed by atoms with Crippen molar-refractivity contribution in [2.75, 3.05) is 26.2 Å². The first-order valence-electron chi connectivity index (χ1n) is 15.7. The van der Waals surface area contributed by atoms with Gasteiger partial charge in [-0.25, -0.2) is 0 Å². The molecule has 2 aromatic carbocycles. The molecule has 2 aliphatic heterocycles. The van der Waals surface area contributed by atoms with Crippen LogP contribution in [0.4, 0.5) is 0 Å². The summed E-state index contributed by atoms with van der Waals surface area (Å²) in [5.41, 5.74) is 5.70. The molecular weight excluding hydrogens is 520 g/mol. The monoisotopic (exact) mass is 566 g/mol. The average Bonchev–Trinajstić information content (AvgIpc) is 3.29. The molecule has 222 valence electrons. The summed E-state index contributed by atoms with van der Waals surface area (Å²) in [5.74, 6) is 1.03. The van der Waals surface area contributed by atoms with Gasteiger partial charge in [-0.15, -0.1) is 0 Å².